The van der Waals surface area contributed by atoms with Crippen molar-refractivity contribution >= 4 is 0 Å². The summed E-state index contributed by atoms with van der Waals surface area (Å²) in [6.07, 6.45) is 0. The van der Waals surface area contributed by atoms with Crippen molar-refractivity contribution in [3.63, 3.8) is 0 Å². The molecule has 2 aromatic rings. The number of nitrogens with two attached hydrogens (primary N) is 1. The molecule has 92 valence electrons. The number of benzene rings is 1. The van der Waals surface area contributed by atoms with Crippen LogP contribution in [0.15, 0.2) is 27.8 Å². The molecule has 0 aliphatic carbocycles. The van der Waals surface area contributed by atoms with E-state index < -0.39 is 11.4 Å². The number of H-pyrrole nitrogens is 2. The first kappa shape index (κ1) is 12.0. The van der Waals surface area contributed by atoms with Crippen LogP contribution in [0.1, 0.15) is 11.1 Å². The topological polar surface area (TPSA) is 96.7 Å². The van der Waals surface area contributed by atoms with Crippen molar-refractivity contribution in [2.75, 3.05) is 6.54 Å². The monoisotopic (exact) mass is 244 g/mol. The van der Waals surface area contributed by atoms with Gasteiger partial charge in [-0.25, -0.2) is 24.4 Å². The fourth-order valence-electron chi connectivity index (χ4n) is 1.58. The van der Waals surface area contributed by atoms with Gasteiger partial charge in [-0.3, -0.25) is 0 Å². The van der Waals surface area contributed by atoms with E-state index in [4.69, 9.17) is 5.73 Å². The van der Waals surface area contributed by atoms with Gasteiger partial charge in [-0.15, -0.1) is 0 Å². The van der Waals surface area contributed by atoms with Crippen LogP contribution in [0.5, 0.6) is 0 Å². The molecule has 0 radical (unpaired) electrons. The average Bonchev–Trinajstić information content (AvgIpc) is 2.68. The molecule has 4 N–H and O–H groups in total. The van der Waals surface area contributed by atoms with Crippen LogP contribution in [0.3, 0.4) is 0 Å². The van der Waals surface area contributed by atoms with E-state index in [0.29, 0.717) is 5.69 Å². The minimum Gasteiger partial charge on any atom is -0.320 e. The quantitative estimate of drug-likeness (QED) is 0.588. The maximum atomic E-state index is 11.5. The minimum absolute atomic E-state index is 0.258. The van der Waals surface area contributed by atoms with Crippen LogP contribution in [0.4, 0.5) is 0 Å². The van der Waals surface area contributed by atoms with Crippen LogP contribution in [0, 0.1) is 18.8 Å². The maximum Gasteiger partial charge on any atom is 0.348 e. The molecular formula is C12H12N4O2. The van der Waals surface area contributed by atoms with Crippen LogP contribution in [0.2, 0.25) is 0 Å². The number of nitrogens with zero attached hydrogens (tertiary/aromatic N) is 1. The second kappa shape index (κ2) is 4.77. The Labute approximate surface area is 102 Å². The van der Waals surface area contributed by atoms with Crippen LogP contribution in [-0.2, 0) is 0 Å². The summed E-state index contributed by atoms with van der Waals surface area (Å²) in [5.41, 5.74) is 6.46. The molecule has 0 amide bonds. The summed E-state index contributed by atoms with van der Waals surface area (Å²) in [7, 11) is 0. The van der Waals surface area contributed by atoms with E-state index in [1.54, 1.807) is 18.2 Å². The number of hydrogen-bond acceptors (Lipinski definition) is 3. The van der Waals surface area contributed by atoms with E-state index in [1.807, 2.05) is 6.92 Å². The zero-order chi connectivity index (χ0) is 13.1. The van der Waals surface area contributed by atoms with Crippen LogP contribution in [-0.4, -0.2) is 21.3 Å². The zero-order valence-corrected chi connectivity index (χ0v) is 9.78. The first-order valence-corrected chi connectivity index (χ1v) is 5.33. The SMILES string of the molecule is Cc1ccc(-n2c(=O)[nH][nH]c2=O)cc1C#CCN. The second-order valence-electron chi connectivity index (χ2n) is 3.70. The third-order valence-corrected chi connectivity index (χ3v) is 2.49. The van der Waals surface area contributed by atoms with Gasteiger partial charge in [0.25, 0.3) is 0 Å². The van der Waals surface area contributed by atoms with Crippen molar-refractivity contribution < 1.29 is 0 Å². The summed E-state index contributed by atoms with van der Waals surface area (Å²) >= 11 is 0. The molecule has 0 aliphatic rings. The third kappa shape index (κ3) is 2.12. The van der Waals surface area contributed by atoms with E-state index >= 15 is 0 Å². The van der Waals surface area contributed by atoms with Crippen LogP contribution >= 0.6 is 0 Å². The predicted octanol–water partition coefficient (Wildman–Crippen LogP) is -0.527. The van der Waals surface area contributed by atoms with Gasteiger partial charge in [-0.05, 0) is 24.6 Å². The van der Waals surface area contributed by atoms with Crippen LogP contribution in [0.25, 0.3) is 5.69 Å². The Morgan fingerprint density at radius 1 is 1.28 bits per heavy atom. The highest BCUT2D eigenvalue weighted by atomic mass is 16.2. The lowest BCUT2D eigenvalue weighted by Crippen LogP contribution is -2.24. The highest BCUT2D eigenvalue weighted by Gasteiger charge is 2.07. The lowest BCUT2D eigenvalue weighted by molar-refractivity contribution is 0.950. The summed E-state index contributed by atoms with van der Waals surface area (Å²) in [6, 6.07) is 5.17. The van der Waals surface area contributed by atoms with Gasteiger partial charge >= 0.3 is 11.4 Å². The highest BCUT2D eigenvalue weighted by molar-refractivity contribution is 5.48. The minimum atomic E-state index is -0.512. The Bertz CT molecular complexity index is 712. The molecule has 0 bridgehead atoms. The van der Waals surface area contributed by atoms with Crippen molar-refractivity contribution in [3.05, 3.63) is 50.3 Å². The van der Waals surface area contributed by atoms with Crippen molar-refractivity contribution in [2.24, 2.45) is 5.73 Å². The Hall–Kier alpha value is -2.52. The molecule has 0 saturated heterocycles. The van der Waals surface area contributed by atoms with E-state index in [0.717, 1.165) is 15.7 Å². The Balaban J connectivity index is 2.61. The first-order chi connectivity index (χ1) is 8.63. The molecule has 6 heteroatoms. The number of nitrogens with one attached hydrogen (secondary N) is 2. The van der Waals surface area contributed by atoms with Gasteiger partial charge in [0.2, 0.25) is 0 Å². The predicted molar refractivity (Wildman–Crippen MR) is 67.7 cm³/mol. The molecule has 2 rings (SSSR count). The van der Waals surface area contributed by atoms with Gasteiger partial charge in [0, 0.05) is 5.56 Å². The van der Waals surface area contributed by atoms with E-state index in [1.165, 1.54) is 0 Å². The molecule has 0 spiro atoms. The summed E-state index contributed by atoms with van der Waals surface area (Å²) in [5, 5.41) is 4.45. The maximum absolute atomic E-state index is 11.5. The van der Waals surface area contributed by atoms with Crippen LogP contribution < -0.4 is 17.1 Å². The summed E-state index contributed by atoms with van der Waals surface area (Å²) < 4.78 is 1.01. The standard InChI is InChI=1S/C12H12N4O2/c1-8-4-5-10(7-9(8)3-2-6-13)16-11(17)14-15-12(16)18/h4-5,7H,6,13H2,1H3,(H,14,17)(H,15,18). The van der Waals surface area contributed by atoms with E-state index in [2.05, 4.69) is 22.0 Å². The van der Waals surface area contributed by atoms with E-state index in [9.17, 15) is 9.59 Å². The van der Waals surface area contributed by atoms with Gasteiger partial charge in [0.1, 0.15) is 0 Å². The summed E-state index contributed by atoms with van der Waals surface area (Å²) in [6.45, 7) is 2.16. The average molecular weight is 244 g/mol. The first-order valence-electron chi connectivity index (χ1n) is 5.33. The summed E-state index contributed by atoms with van der Waals surface area (Å²) in [4.78, 5) is 22.9. The van der Waals surface area contributed by atoms with Gasteiger partial charge in [0.15, 0.2) is 0 Å². The van der Waals surface area contributed by atoms with E-state index in [-0.39, 0.29) is 6.54 Å². The Kier molecular flexibility index (Phi) is 3.17. The molecule has 0 fully saturated rings. The van der Waals surface area contributed by atoms with Crippen molar-refractivity contribution in [3.8, 4) is 17.5 Å². The van der Waals surface area contributed by atoms with Gasteiger partial charge < -0.3 is 5.73 Å². The largest absolute Gasteiger partial charge is 0.348 e. The second-order valence-corrected chi connectivity index (χ2v) is 3.70. The molecule has 1 aromatic heterocycles. The fraction of sp³-hybridized carbons (Fsp3) is 0.167. The molecule has 1 heterocycles. The molecular weight excluding hydrogens is 232 g/mol. The molecule has 0 unspecified atom stereocenters. The van der Waals surface area contributed by atoms with Crippen molar-refractivity contribution in [1.29, 1.82) is 0 Å². The summed E-state index contributed by atoms with van der Waals surface area (Å²) in [5.74, 6) is 5.64. The van der Waals surface area contributed by atoms with Gasteiger partial charge in [-0.1, -0.05) is 17.9 Å². The third-order valence-electron chi connectivity index (χ3n) is 2.49. The van der Waals surface area contributed by atoms with Gasteiger partial charge in [0.05, 0.1) is 12.2 Å². The number of aryl methyl sites for hydroxylation is 1. The zero-order valence-electron chi connectivity index (χ0n) is 9.78. The molecule has 0 saturated carbocycles. The molecule has 18 heavy (non-hydrogen) atoms. The van der Waals surface area contributed by atoms with Crippen molar-refractivity contribution in [2.45, 2.75) is 6.92 Å². The molecule has 0 atom stereocenters. The van der Waals surface area contributed by atoms with Gasteiger partial charge in [-0.2, -0.15) is 0 Å². The number of aromatic nitrogens is 3. The lowest BCUT2D eigenvalue weighted by atomic mass is 10.1. The highest BCUT2D eigenvalue weighted by Crippen LogP contribution is 2.11. The molecule has 1 aromatic carbocycles. The molecule has 0 aliphatic heterocycles. The molecule has 6 nitrogen and oxygen atoms in total. The normalized spacial score (nSPS) is 9.89. The Morgan fingerprint density at radius 3 is 2.56 bits per heavy atom. The fourth-order valence-corrected chi connectivity index (χ4v) is 1.58. The smallest absolute Gasteiger partial charge is 0.320 e. The number of rotatable bonds is 1. The number of aromatic amines is 2. The Morgan fingerprint density at radius 2 is 1.94 bits per heavy atom. The lowest BCUT2D eigenvalue weighted by Gasteiger charge is -2.03. The van der Waals surface area contributed by atoms with Crippen molar-refractivity contribution in [1.82, 2.24) is 14.8 Å². The number of hydrogen-bond donors (Lipinski definition) is 3.